The molecule has 0 saturated heterocycles. The lowest BCUT2D eigenvalue weighted by atomic mass is 10.4. The van der Waals surface area contributed by atoms with Gasteiger partial charge in [0.05, 0.1) is 12.5 Å². The molecule has 0 amide bonds. The normalized spacial score (nSPS) is 9.82. The molecule has 1 rings (SSSR count). The van der Waals surface area contributed by atoms with E-state index in [-0.39, 0.29) is 14.7 Å². The molecule has 0 bridgehead atoms. The van der Waals surface area contributed by atoms with Crippen molar-refractivity contribution in [1.29, 1.82) is 0 Å². The summed E-state index contributed by atoms with van der Waals surface area (Å²) in [5.41, 5.74) is -0.119. The van der Waals surface area contributed by atoms with Gasteiger partial charge in [-0.2, -0.15) is 0 Å². The first kappa shape index (κ1) is 7.95. The molecule has 58 valence electrons. The van der Waals surface area contributed by atoms with E-state index >= 15 is 0 Å². The zero-order chi connectivity index (χ0) is 8.10. The van der Waals surface area contributed by atoms with Crippen LogP contribution in [0.4, 0.5) is 5.69 Å². The van der Waals surface area contributed by atoms with Gasteiger partial charge in [-0.05, 0) is 12.1 Å². The molecule has 1 heterocycles. The Morgan fingerprint density at radius 3 is 3.09 bits per heavy atom. The van der Waals surface area contributed by atoms with Gasteiger partial charge in [0, 0.05) is 0 Å². The van der Waals surface area contributed by atoms with Crippen LogP contribution < -0.4 is 10.9 Å². The molecule has 0 aliphatic heterocycles. The van der Waals surface area contributed by atoms with Crippen LogP contribution in [0.3, 0.4) is 0 Å². The van der Waals surface area contributed by atoms with Crippen LogP contribution in [0.1, 0.15) is 0 Å². The van der Waals surface area contributed by atoms with Crippen LogP contribution in [0.15, 0.2) is 27.6 Å². The Kier molecular flexibility index (Phi) is 2.81. The molecule has 5 heteroatoms. The van der Waals surface area contributed by atoms with Crippen LogP contribution in [0.5, 0.6) is 0 Å². The molecule has 0 aliphatic carbocycles. The summed E-state index contributed by atoms with van der Waals surface area (Å²) in [4.78, 5) is 10.8. The van der Waals surface area contributed by atoms with Crippen molar-refractivity contribution in [3.05, 3.63) is 28.8 Å². The van der Waals surface area contributed by atoms with Gasteiger partial charge in [0.1, 0.15) is 5.69 Å². The van der Waals surface area contributed by atoms with Crippen molar-refractivity contribution >= 4 is 14.1 Å². The maximum atomic E-state index is 10.8. The van der Waals surface area contributed by atoms with Crippen LogP contribution in [0, 0.1) is 0 Å². The lowest BCUT2D eigenvalue weighted by Crippen LogP contribution is -2.07. The third-order valence-corrected chi connectivity index (χ3v) is 1.36. The Labute approximate surface area is 64.4 Å². The molecule has 0 spiro atoms. The highest BCUT2D eigenvalue weighted by atomic mass is 31.1. The fourth-order valence-corrected chi connectivity index (χ4v) is 0.852. The molecular formula is C6H6NO3P. The van der Waals surface area contributed by atoms with Gasteiger partial charge in [-0.3, -0.25) is 4.57 Å². The third kappa shape index (κ3) is 2.16. The lowest BCUT2D eigenvalue weighted by Gasteiger charge is -1.95. The van der Waals surface area contributed by atoms with Gasteiger partial charge in [0.15, 0.2) is 8.46 Å². The van der Waals surface area contributed by atoms with Gasteiger partial charge in [-0.1, -0.05) is 0 Å². The quantitative estimate of drug-likeness (QED) is 0.696. The number of anilines is 1. The first-order valence-corrected chi connectivity index (χ1v) is 3.95. The minimum Gasteiger partial charge on any atom is -0.430 e. The molecule has 0 fully saturated rings. The molecule has 1 aromatic heterocycles. The summed E-state index contributed by atoms with van der Waals surface area (Å²) in [6.07, 6.45) is 1.51. The first-order valence-electron chi connectivity index (χ1n) is 2.95. The van der Waals surface area contributed by atoms with Gasteiger partial charge >= 0.3 is 5.63 Å². The first-order chi connectivity index (χ1) is 5.34. The van der Waals surface area contributed by atoms with E-state index in [0.29, 0.717) is 5.69 Å². The summed E-state index contributed by atoms with van der Waals surface area (Å²) in [7, 11) is -0.0492. The molecule has 0 saturated carbocycles. The largest absolute Gasteiger partial charge is 0.430 e. The molecule has 0 unspecified atom stereocenters. The summed E-state index contributed by atoms with van der Waals surface area (Å²) in [6, 6.07) is 3.16. The molecule has 11 heavy (non-hydrogen) atoms. The van der Waals surface area contributed by atoms with E-state index in [1.165, 1.54) is 6.26 Å². The Hall–Kier alpha value is -1.15. The van der Waals surface area contributed by atoms with E-state index in [1.54, 1.807) is 12.1 Å². The van der Waals surface area contributed by atoms with Crippen LogP contribution in [0.25, 0.3) is 0 Å². The van der Waals surface area contributed by atoms with Gasteiger partial charge in [0.2, 0.25) is 0 Å². The van der Waals surface area contributed by atoms with Crippen LogP contribution in [-0.4, -0.2) is 6.29 Å². The standard InChI is InChI=1S/C6H6NO3P/c8-6-5(7-4-11-9)2-1-3-10-6/h1-3,7H,4H2. The summed E-state index contributed by atoms with van der Waals surface area (Å²) in [5.74, 6) is 0. The van der Waals surface area contributed by atoms with Crippen molar-refractivity contribution in [1.82, 2.24) is 0 Å². The highest BCUT2D eigenvalue weighted by molar-refractivity contribution is 7.23. The Morgan fingerprint density at radius 2 is 2.45 bits per heavy atom. The van der Waals surface area contributed by atoms with Gasteiger partial charge < -0.3 is 9.73 Å². The Bertz CT molecular complexity index is 296. The van der Waals surface area contributed by atoms with E-state index in [0.717, 1.165) is 0 Å². The van der Waals surface area contributed by atoms with E-state index in [1.807, 2.05) is 0 Å². The molecule has 0 aromatic carbocycles. The molecular weight excluding hydrogens is 165 g/mol. The van der Waals surface area contributed by atoms with Gasteiger partial charge in [-0.15, -0.1) is 0 Å². The maximum Gasteiger partial charge on any atom is 0.359 e. The topological polar surface area (TPSA) is 59.3 Å². The zero-order valence-corrected chi connectivity index (χ0v) is 6.51. The SMILES string of the molecule is O=PCNc1cccoc1=O. The van der Waals surface area contributed by atoms with E-state index in [2.05, 4.69) is 9.73 Å². The minimum atomic E-state index is -0.448. The van der Waals surface area contributed by atoms with Gasteiger partial charge in [-0.25, -0.2) is 4.79 Å². The third-order valence-electron chi connectivity index (χ3n) is 1.07. The van der Waals surface area contributed by atoms with Crippen molar-refractivity contribution in [2.75, 3.05) is 11.6 Å². The molecule has 1 N–H and O–H groups in total. The highest BCUT2D eigenvalue weighted by Crippen LogP contribution is 1.99. The average Bonchev–Trinajstić information content (AvgIpc) is 2.03. The van der Waals surface area contributed by atoms with Crippen molar-refractivity contribution in [3.8, 4) is 0 Å². The number of nitrogens with one attached hydrogen (secondary N) is 1. The van der Waals surface area contributed by atoms with E-state index in [4.69, 9.17) is 0 Å². The second kappa shape index (κ2) is 3.88. The fourth-order valence-electron chi connectivity index (χ4n) is 0.617. The molecule has 0 radical (unpaired) electrons. The average molecular weight is 171 g/mol. The predicted octanol–water partition coefficient (Wildman–Crippen LogP) is 1.30. The fraction of sp³-hybridized carbons (Fsp3) is 0.167. The summed E-state index contributed by atoms with van der Waals surface area (Å²) in [5, 5.41) is 2.63. The van der Waals surface area contributed by atoms with Crippen molar-refractivity contribution < 1.29 is 8.98 Å². The lowest BCUT2D eigenvalue weighted by molar-refractivity contribution is 0.513. The van der Waals surface area contributed by atoms with Crippen LogP contribution in [-0.2, 0) is 4.57 Å². The second-order valence-electron chi connectivity index (χ2n) is 1.78. The Morgan fingerprint density at radius 1 is 1.64 bits per heavy atom. The molecule has 1 aromatic rings. The zero-order valence-electron chi connectivity index (χ0n) is 5.61. The number of rotatable bonds is 3. The van der Waals surface area contributed by atoms with E-state index in [9.17, 15) is 9.36 Å². The Balaban J connectivity index is 2.78. The molecule has 0 atom stereocenters. The second-order valence-corrected chi connectivity index (χ2v) is 2.35. The summed E-state index contributed by atoms with van der Waals surface area (Å²) >= 11 is 0. The van der Waals surface area contributed by atoms with Crippen LogP contribution >= 0.6 is 8.46 Å². The smallest absolute Gasteiger partial charge is 0.359 e. The van der Waals surface area contributed by atoms with Gasteiger partial charge in [0.25, 0.3) is 0 Å². The highest BCUT2D eigenvalue weighted by Gasteiger charge is 1.95. The van der Waals surface area contributed by atoms with Crippen molar-refractivity contribution in [2.45, 2.75) is 0 Å². The minimum absolute atomic E-state index is 0.0492. The van der Waals surface area contributed by atoms with Crippen molar-refractivity contribution in [3.63, 3.8) is 0 Å². The van der Waals surface area contributed by atoms with Crippen molar-refractivity contribution in [2.24, 2.45) is 0 Å². The molecule has 4 nitrogen and oxygen atoms in total. The number of hydrogen-bond acceptors (Lipinski definition) is 4. The van der Waals surface area contributed by atoms with E-state index < -0.39 is 5.63 Å². The predicted molar refractivity (Wildman–Crippen MR) is 41.1 cm³/mol. The summed E-state index contributed by atoms with van der Waals surface area (Å²) in [6.45, 7) is 0. The van der Waals surface area contributed by atoms with Crippen LogP contribution in [0.2, 0.25) is 0 Å². The number of hydrogen-bond donors (Lipinski definition) is 1. The maximum absolute atomic E-state index is 10.8. The summed E-state index contributed by atoms with van der Waals surface area (Å²) < 4.78 is 14.5. The monoisotopic (exact) mass is 171 g/mol. The molecule has 0 aliphatic rings.